The van der Waals surface area contributed by atoms with Crippen LogP contribution in [0.1, 0.15) is 123 Å². The van der Waals surface area contributed by atoms with Crippen molar-refractivity contribution >= 4 is 7.82 Å². The molecular formula is C29H45O4P. The lowest BCUT2D eigenvalue weighted by atomic mass is 9.74. The van der Waals surface area contributed by atoms with Crippen LogP contribution >= 0.6 is 7.82 Å². The van der Waals surface area contributed by atoms with E-state index < -0.39 is 13.9 Å². The van der Waals surface area contributed by atoms with Crippen molar-refractivity contribution in [3.63, 3.8) is 0 Å². The van der Waals surface area contributed by atoms with Gasteiger partial charge in [0.1, 0.15) is 6.10 Å². The molecule has 0 saturated carbocycles. The minimum Gasteiger partial charge on any atom is -0.303 e. The van der Waals surface area contributed by atoms with E-state index in [4.69, 9.17) is 4.52 Å². The summed E-state index contributed by atoms with van der Waals surface area (Å²) >= 11 is 0. The summed E-state index contributed by atoms with van der Waals surface area (Å²) in [4.78, 5) is 19.9. The number of phosphoric acid groups is 1. The smallest absolute Gasteiger partial charge is 0.303 e. The van der Waals surface area contributed by atoms with Crippen LogP contribution in [0.15, 0.2) is 36.4 Å². The molecule has 2 rings (SSSR count). The molecule has 0 bridgehead atoms. The molecule has 0 aliphatic rings. The lowest BCUT2D eigenvalue weighted by molar-refractivity contribution is 0.155. The molecule has 0 aliphatic carbocycles. The molecule has 2 aromatic rings. The van der Waals surface area contributed by atoms with Gasteiger partial charge in [-0.05, 0) is 55.0 Å². The lowest BCUT2D eigenvalue weighted by Crippen LogP contribution is -2.23. The van der Waals surface area contributed by atoms with Crippen molar-refractivity contribution in [2.75, 3.05) is 0 Å². The summed E-state index contributed by atoms with van der Waals surface area (Å²) in [5.41, 5.74) is 5.38. The van der Waals surface area contributed by atoms with Crippen molar-refractivity contribution in [2.45, 2.75) is 111 Å². The Kier molecular flexibility index (Phi) is 7.80. The highest BCUT2D eigenvalue weighted by Crippen LogP contribution is 2.49. The topological polar surface area (TPSA) is 66.8 Å². The van der Waals surface area contributed by atoms with Crippen LogP contribution in [0, 0.1) is 0 Å². The molecule has 0 atom stereocenters. The Balaban J connectivity index is 2.93. The fourth-order valence-corrected chi connectivity index (χ4v) is 4.72. The monoisotopic (exact) mass is 488 g/mol. The zero-order chi connectivity index (χ0) is 26.5. The first-order chi connectivity index (χ1) is 15.0. The maximum Gasteiger partial charge on any atom is 0.470 e. The summed E-state index contributed by atoms with van der Waals surface area (Å²) in [7, 11) is -4.79. The average molecular weight is 489 g/mol. The molecule has 5 heteroatoms. The molecule has 0 amide bonds. The van der Waals surface area contributed by atoms with E-state index in [1.807, 2.05) is 12.1 Å². The summed E-state index contributed by atoms with van der Waals surface area (Å²) in [5.74, 6) is 0. The highest BCUT2D eigenvalue weighted by Gasteiger charge is 2.34. The molecule has 0 heterocycles. The standard InChI is InChI=1S/C29H45O4P/c1-26(2,3)19-13-15-21(23(17-19)28(7,8)9)25(33-34(30,31)32)22-16-14-20(27(4,5)6)18-24(22)29(10,11)12/h13-18,25H,1-12H3,(H2,30,31,32). The maximum atomic E-state index is 12.2. The average Bonchev–Trinajstić information content (AvgIpc) is 2.61. The van der Waals surface area contributed by atoms with Crippen molar-refractivity contribution < 1.29 is 18.9 Å². The molecule has 2 aromatic carbocycles. The Morgan fingerprint density at radius 1 is 0.618 bits per heavy atom. The van der Waals surface area contributed by atoms with Crippen molar-refractivity contribution in [2.24, 2.45) is 0 Å². The van der Waals surface area contributed by atoms with Gasteiger partial charge in [0.25, 0.3) is 0 Å². The molecule has 0 unspecified atom stereocenters. The van der Waals surface area contributed by atoms with Gasteiger partial charge in [-0.2, -0.15) is 0 Å². The van der Waals surface area contributed by atoms with Gasteiger partial charge in [0.2, 0.25) is 0 Å². The van der Waals surface area contributed by atoms with Gasteiger partial charge in [0.05, 0.1) is 0 Å². The third kappa shape index (κ3) is 7.04. The van der Waals surface area contributed by atoms with E-state index in [1.54, 1.807) is 0 Å². The molecule has 0 fully saturated rings. The zero-order valence-corrected chi connectivity index (χ0v) is 24.1. The summed E-state index contributed by atoms with van der Waals surface area (Å²) in [6.45, 7) is 25.8. The third-order valence-corrected chi connectivity index (χ3v) is 6.75. The second-order valence-electron chi connectivity index (χ2n) is 13.6. The molecule has 190 valence electrons. The summed E-state index contributed by atoms with van der Waals surface area (Å²) in [5, 5.41) is 0. The number of hydrogen-bond acceptors (Lipinski definition) is 2. The highest BCUT2D eigenvalue weighted by molar-refractivity contribution is 7.46. The molecule has 4 nitrogen and oxygen atoms in total. The first-order valence-corrected chi connectivity index (χ1v) is 13.6. The Morgan fingerprint density at radius 3 is 1.18 bits per heavy atom. The van der Waals surface area contributed by atoms with E-state index in [0.717, 1.165) is 22.3 Å². The SMILES string of the molecule is CC(C)(C)c1ccc(C(OP(=O)(O)O)c2ccc(C(C)(C)C)cc2C(C)(C)C)c(C(C)(C)C)c1. The van der Waals surface area contributed by atoms with Gasteiger partial charge in [-0.25, -0.2) is 4.57 Å². The Morgan fingerprint density at radius 2 is 0.941 bits per heavy atom. The van der Waals surface area contributed by atoms with Crippen molar-refractivity contribution in [1.29, 1.82) is 0 Å². The van der Waals surface area contributed by atoms with Gasteiger partial charge >= 0.3 is 7.82 Å². The predicted molar refractivity (Wildman–Crippen MR) is 143 cm³/mol. The molecule has 0 spiro atoms. The minimum atomic E-state index is -4.79. The normalized spacial score (nSPS) is 14.1. The quantitative estimate of drug-likeness (QED) is 0.427. The molecule has 2 N–H and O–H groups in total. The maximum absolute atomic E-state index is 12.2. The van der Waals surface area contributed by atoms with Crippen LogP contribution in [-0.2, 0) is 30.7 Å². The largest absolute Gasteiger partial charge is 0.470 e. The first-order valence-electron chi connectivity index (χ1n) is 12.1. The van der Waals surface area contributed by atoms with Crippen LogP contribution in [-0.4, -0.2) is 9.79 Å². The fourth-order valence-electron chi connectivity index (χ4n) is 4.22. The van der Waals surface area contributed by atoms with Crippen LogP contribution in [0.4, 0.5) is 0 Å². The van der Waals surface area contributed by atoms with Gasteiger partial charge in [-0.15, -0.1) is 0 Å². The van der Waals surface area contributed by atoms with E-state index in [1.165, 1.54) is 11.1 Å². The lowest BCUT2D eigenvalue weighted by Gasteiger charge is -2.34. The fraction of sp³-hybridized carbons (Fsp3) is 0.586. The number of phosphoric ester groups is 1. The van der Waals surface area contributed by atoms with E-state index >= 15 is 0 Å². The van der Waals surface area contributed by atoms with Gasteiger partial charge in [-0.3, -0.25) is 4.52 Å². The zero-order valence-electron chi connectivity index (χ0n) is 23.2. The molecule has 0 aromatic heterocycles. The Hall–Kier alpha value is -1.45. The second-order valence-corrected chi connectivity index (χ2v) is 14.8. The van der Waals surface area contributed by atoms with Crippen LogP contribution in [0.5, 0.6) is 0 Å². The summed E-state index contributed by atoms with van der Waals surface area (Å²) in [6, 6.07) is 12.4. The van der Waals surface area contributed by atoms with Gasteiger partial charge in [-0.1, -0.05) is 119 Å². The minimum absolute atomic E-state index is 0.0525. The number of hydrogen-bond donors (Lipinski definition) is 2. The van der Waals surface area contributed by atoms with Crippen molar-refractivity contribution in [1.82, 2.24) is 0 Å². The van der Waals surface area contributed by atoms with E-state index in [9.17, 15) is 14.4 Å². The second kappa shape index (κ2) is 9.21. The molecule has 0 saturated heterocycles. The van der Waals surface area contributed by atoms with Crippen LogP contribution in [0.3, 0.4) is 0 Å². The predicted octanol–water partition coefficient (Wildman–Crippen LogP) is 8.08. The Labute approximate surface area is 207 Å². The van der Waals surface area contributed by atoms with Gasteiger partial charge in [0, 0.05) is 0 Å². The van der Waals surface area contributed by atoms with E-state index in [0.29, 0.717) is 0 Å². The van der Waals surface area contributed by atoms with Crippen LogP contribution in [0.2, 0.25) is 0 Å². The molecule has 0 radical (unpaired) electrons. The van der Waals surface area contributed by atoms with Crippen molar-refractivity contribution in [3.8, 4) is 0 Å². The number of rotatable bonds is 4. The van der Waals surface area contributed by atoms with Crippen LogP contribution in [0.25, 0.3) is 0 Å². The number of benzene rings is 2. The molecule has 34 heavy (non-hydrogen) atoms. The summed E-state index contributed by atoms with van der Waals surface area (Å²) < 4.78 is 17.8. The third-order valence-electron chi connectivity index (χ3n) is 6.26. The van der Waals surface area contributed by atoms with Gasteiger partial charge in [0.15, 0.2) is 0 Å². The summed E-state index contributed by atoms with van der Waals surface area (Å²) in [6.07, 6.45) is -0.896. The van der Waals surface area contributed by atoms with E-state index in [-0.39, 0.29) is 21.7 Å². The van der Waals surface area contributed by atoms with E-state index in [2.05, 4.69) is 107 Å². The highest BCUT2D eigenvalue weighted by atomic mass is 31.2. The van der Waals surface area contributed by atoms with Crippen LogP contribution < -0.4 is 0 Å². The molecular weight excluding hydrogens is 443 g/mol. The first kappa shape index (κ1) is 28.8. The molecule has 0 aliphatic heterocycles. The van der Waals surface area contributed by atoms with Crippen molar-refractivity contribution in [3.05, 3.63) is 69.8 Å². The Bertz CT molecular complexity index is 992. The van der Waals surface area contributed by atoms with Gasteiger partial charge < -0.3 is 9.79 Å².